The fourth-order valence-electron chi connectivity index (χ4n) is 1.65. The zero-order chi connectivity index (χ0) is 17.2. The SMILES string of the molecule is CN(CC(=O)Nc1ccc(F)c(Cl)c1)S(=O)(=O)c1ccc(Cl)s1. The number of rotatable bonds is 5. The highest BCUT2D eigenvalue weighted by Gasteiger charge is 2.24. The van der Waals surface area contributed by atoms with Crippen LogP contribution in [0.4, 0.5) is 10.1 Å². The van der Waals surface area contributed by atoms with Crippen LogP contribution in [0.1, 0.15) is 0 Å². The summed E-state index contributed by atoms with van der Waals surface area (Å²) in [6.07, 6.45) is 0. The van der Waals surface area contributed by atoms with E-state index in [1.54, 1.807) is 0 Å². The van der Waals surface area contributed by atoms with Gasteiger partial charge in [0.05, 0.1) is 15.9 Å². The minimum absolute atomic E-state index is 0.0441. The highest BCUT2D eigenvalue weighted by molar-refractivity contribution is 7.91. The number of carbonyl (C=O) groups excluding carboxylic acids is 1. The van der Waals surface area contributed by atoms with E-state index in [1.807, 2.05) is 0 Å². The maximum atomic E-state index is 13.1. The third kappa shape index (κ3) is 4.42. The van der Waals surface area contributed by atoms with Gasteiger partial charge in [0.25, 0.3) is 10.0 Å². The number of anilines is 1. The smallest absolute Gasteiger partial charge is 0.252 e. The number of hydrogen-bond acceptors (Lipinski definition) is 4. The van der Waals surface area contributed by atoms with Crippen LogP contribution in [0.25, 0.3) is 0 Å². The Bertz CT molecular complexity index is 839. The van der Waals surface area contributed by atoms with Crippen molar-refractivity contribution in [1.29, 1.82) is 0 Å². The maximum absolute atomic E-state index is 13.1. The predicted molar refractivity (Wildman–Crippen MR) is 89.2 cm³/mol. The summed E-state index contributed by atoms with van der Waals surface area (Å²) in [6, 6.07) is 6.51. The van der Waals surface area contributed by atoms with Crippen LogP contribution in [0.5, 0.6) is 0 Å². The summed E-state index contributed by atoms with van der Waals surface area (Å²) in [7, 11) is -2.52. The molecule has 1 N–H and O–H groups in total. The summed E-state index contributed by atoms with van der Waals surface area (Å²) in [5.74, 6) is -1.19. The molecule has 1 heterocycles. The average Bonchev–Trinajstić information content (AvgIpc) is 2.90. The van der Waals surface area contributed by atoms with E-state index in [4.69, 9.17) is 23.2 Å². The highest BCUT2D eigenvalue weighted by Crippen LogP contribution is 2.27. The van der Waals surface area contributed by atoms with E-state index < -0.39 is 28.3 Å². The van der Waals surface area contributed by atoms with Gasteiger partial charge in [0, 0.05) is 12.7 Å². The normalized spacial score (nSPS) is 11.7. The Morgan fingerprint density at radius 3 is 2.57 bits per heavy atom. The van der Waals surface area contributed by atoms with Gasteiger partial charge in [0.2, 0.25) is 5.91 Å². The van der Waals surface area contributed by atoms with Crippen molar-refractivity contribution in [2.24, 2.45) is 0 Å². The van der Waals surface area contributed by atoms with Crippen molar-refractivity contribution in [3.63, 3.8) is 0 Å². The quantitative estimate of drug-likeness (QED) is 0.841. The molecule has 0 bridgehead atoms. The standard InChI is InChI=1S/C13H11Cl2FN2O3S2/c1-18(23(20,21)13-5-4-11(15)22-13)7-12(19)17-8-2-3-10(16)9(14)6-8/h2-6H,7H2,1H3,(H,17,19). The third-order valence-electron chi connectivity index (χ3n) is 2.78. The van der Waals surface area contributed by atoms with Gasteiger partial charge < -0.3 is 5.32 Å². The number of halogens is 3. The maximum Gasteiger partial charge on any atom is 0.252 e. The van der Waals surface area contributed by atoms with Crippen LogP contribution in [0.3, 0.4) is 0 Å². The van der Waals surface area contributed by atoms with Crippen LogP contribution < -0.4 is 5.32 Å². The van der Waals surface area contributed by atoms with E-state index >= 15 is 0 Å². The molecule has 0 fully saturated rings. The molecule has 1 aromatic carbocycles. The van der Waals surface area contributed by atoms with Crippen LogP contribution in [0.15, 0.2) is 34.5 Å². The minimum Gasteiger partial charge on any atom is -0.325 e. The number of nitrogens with one attached hydrogen (secondary N) is 1. The second kappa shape index (κ2) is 7.14. The van der Waals surface area contributed by atoms with Crippen molar-refractivity contribution in [2.75, 3.05) is 18.9 Å². The molecule has 10 heteroatoms. The first-order valence-electron chi connectivity index (χ1n) is 6.17. The summed E-state index contributed by atoms with van der Waals surface area (Å²) in [5.41, 5.74) is 0.270. The van der Waals surface area contributed by atoms with Crippen LogP contribution in [0.2, 0.25) is 9.36 Å². The number of amides is 1. The van der Waals surface area contributed by atoms with Crippen LogP contribution in [-0.4, -0.2) is 32.2 Å². The lowest BCUT2D eigenvalue weighted by atomic mass is 10.3. The Labute approximate surface area is 146 Å². The van der Waals surface area contributed by atoms with Crippen molar-refractivity contribution >= 4 is 56.2 Å². The van der Waals surface area contributed by atoms with Crippen LogP contribution >= 0.6 is 34.5 Å². The molecule has 2 rings (SSSR count). The Hall–Kier alpha value is -1.19. The monoisotopic (exact) mass is 396 g/mol. The molecule has 124 valence electrons. The summed E-state index contributed by atoms with van der Waals surface area (Å²) in [4.78, 5) is 11.9. The van der Waals surface area contributed by atoms with Gasteiger partial charge in [-0.3, -0.25) is 4.79 Å². The number of benzene rings is 1. The third-order valence-corrected chi connectivity index (χ3v) is 6.57. The highest BCUT2D eigenvalue weighted by atomic mass is 35.5. The van der Waals surface area contributed by atoms with E-state index in [0.717, 1.165) is 21.7 Å². The number of hydrogen-bond donors (Lipinski definition) is 1. The second-order valence-corrected chi connectivity index (χ2v) is 8.89. The summed E-state index contributed by atoms with van der Waals surface area (Å²) < 4.78 is 38.8. The van der Waals surface area contributed by atoms with Gasteiger partial charge in [-0.15, -0.1) is 11.3 Å². The second-order valence-electron chi connectivity index (χ2n) is 4.50. The van der Waals surface area contributed by atoms with Crippen molar-refractivity contribution < 1.29 is 17.6 Å². The number of likely N-dealkylation sites (N-methyl/N-ethyl adjacent to an activating group) is 1. The fourth-order valence-corrected chi connectivity index (χ4v) is 4.65. The first-order valence-corrected chi connectivity index (χ1v) is 9.18. The Morgan fingerprint density at radius 1 is 1.30 bits per heavy atom. The first kappa shape index (κ1) is 18.2. The van der Waals surface area contributed by atoms with Crippen LogP contribution in [0, 0.1) is 5.82 Å². The van der Waals surface area contributed by atoms with E-state index in [1.165, 1.54) is 31.3 Å². The fraction of sp³-hybridized carbons (Fsp3) is 0.154. The van der Waals surface area contributed by atoms with Gasteiger partial charge in [-0.2, -0.15) is 4.31 Å². The number of carbonyl (C=O) groups is 1. The van der Waals surface area contributed by atoms with Gasteiger partial charge in [-0.05, 0) is 30.3 Å². The Kier molecular flexibility index (Phi) is 5.64. The molecule has 0 aliphatic rings. The molecule has 5 nitrogen and oxygen atoms in total. The topological polar surface area (TPSA) is 66.5 Å². The summed E-state index contributed by atoms with van der Waals surface area (Å²) in [5, 5.41) is 2.31. The van der Waals surface area contributed by atoms with Crippen molar-refractivity contribution in [2.45, 2.75) is 4.21 Å². The predicted octanol–water partition coefficient (Wildman–Crippen LogP) is 3.45. The zero-order valence-corrected chi connectivity index (χ0v) is 14.9. The lowest BCUT2D eigenvalue weighted by Gasteiger charge is -2.15. The van der Waals surface area contributed by atoms with E-state index in [0.29, 0.717) is 4.34 Å². The van der Waals surface area contributed by atoms with Crippen molar-refractivity contribution in [1.82, 2.24) is 4.31 Å². The average molecular weight is 397 g/mol. The molecule has 0 aliphatic heterocycles. The number of thiophene rings is 1. The van der Waals surface area contributed by atoms with Gasteiger partial charge in [0.15, 0.2) is 0 Å². The van der Waals surface area contributed by atoms with Crippen molar-refractivity contribution in [3.8, 4) is 0 Å². The van der Waals surface area contributed by atoms with Crippen molar-refractivity contribution in [3.05, 3.63) is 45.5 Å². The molecule has 0 saturated heterocycles. The lowest BCUT2D eigenvalue weighted by Crippen LogP contribution is -2.34. The molecule has 0 atom stereocenters. The molecule has 1 amide bonds. The molecule has 0 unspecified atom stereocenters. The lowest BCUT2D eigenvalue weighted by molar-refractivity contribution is -0.116. The number of nitrogens with zero attached hydrogens (tertiary/aromatic N) is 1. The molecule has 0 aliphatic carbocycles. The van der Waals surface area contributed by atoms with Gasteiger partial charge in [-0.25, -0.2) is 12.8 Å². The Balaban J connectivity index is 2.06. The molecule has 0 radical (unpaired) electrons. The van der Waals surface area contributed by atoms with Gasteiger partial charge in [-0.1, -0.05) is 23.2 Å². The van der Waals surface area contributed by atoms with Gasteiger partial charge >= 0.3 is 0 Å². The molecule has 0 spiro atoms. The molecule has 23 heavy (non-hydrogen) atoms. The summed E-state index contributed by atoms with van der Waals surface area (Å²) >= 11 is 12.2. The van der Waals surface area contributed by atoms with Crippen LogP contribution in [-0.2, 0) is 14.8 Å². The van der Waals surface area contributed by atoms with E-state index in [2.05, 4.69) is 5.32 Å². The molecule has 0 saturated carbocycles. The molecular weight excluding hydrogens is 386 g/mol. The Morgan fingerprint density at radius 2 is 2.00 bits per heavy atom. The zero-order valence-electron chi connectivity index (χ0n) is 11.7. The largest absolute Gasteiger partial charge is 0.325 e. The molecule has 2 aromatic rings. The first-order chi connectivity index (χ1) is 10.7. The number of sulfonamides is 1. The van der Waals surface area contributed by atoms with E-state index in [9.17, 15) is 17.6 Å². The minimum atomic E-state index is -3.80. The molecule has 1 aromatic heterocycles. The summed E-state index contributed by atoms with van der Waals surface area (Å²) in [6.45, 7) is -0.410. The van der Waals surface area contributed by atoms with E-state index in [-0.39, 0.29) is 14.9 Å². The van der Waals surface area contributed by atoms with Gasteiger partial charge in [0.1, 0.15) is 10.0 Å². The molecular formula is C13H11Cl2FN2O3S2.